The van der Waals surface area contributed by atoms with E-state index in [9.17, 15) is 9.59 Å². The average molecular weight is 295 g/mol. The van der Waals surface area contributed by atoms with Gasteiger partial charge in [0.2, 0.25) is 0 Å². The summed E-state index contributed by atoms with van der Waals surface area (Å²) in [6, 6.07) is -0.0576. The quantitative estimate of drug-likeness (QED) is 0.739. The molecule has 1 aromatic heterocycles. The molecule has 21 heavy (non-hydrogen) atoms. The summed E-state index contributed by atoms with van der Waals surface area (Å²) in [6.45, 7) is 8.19. The molecule has 0 unspecified atom stereocenters. The van der Waals surface area contributed by atoms with Gasteiger partial charge in [0, 0.05) is 0 Å². The largest absolute Gasteiger partial charge is 0.465 e. The molecule has 1 aliphatic rings. The first kappa shape index (κ1) is 15.3. The maximum atomic E-state index is 12.3. The van der Waals surface area contributed by atoms with Crippen molar-refractivity contribution in [1.82, 2.24) is 14.7 Å². The number of esters is 1. The zero-order chi connectivity index (χ0) is 15.8. The fourth-order valence-electron chi connectivity index (χ4n) is 2.25. The first-order valence-corrected chi connectivity index (χ1v) is 6.85. The van der Waals surface area contributed by atoms with Crippen molar-refractivity contribution in [2.75, 3.05) is 7.11 Å². The predicted octanol–water partition coefficient (Wildman–Crippen LogP) is 1.81. The SMILES string of the molecule is COC(=O)c1cnn2c1CN(C(=O)OC(C)(C)C)[C@@H](C)C2. The fraction of sp³-hybridized carbons (Fsp3) is 0.643. The number of carbonyl (C=O) groups is 2. The van der Waals surface area contributed by atoms with Gasteiger partial charge in [0.1, 0.15) is 11.2 Å². The van der Waals surface area contributed by atoms with E-state index in [0.717, 1.165) is 0 Å². The van der Waals surface area contributed by atoms with Crippen LogP contribution >= 0.6 is 0 Å². The van der Waals surface area contributed by atoms with Crippen molar-refractivity contribution in [3.63, 3.8) is 0 Å². The van der Waals surface area contributed by atoms with Crippen molar-refractivity contribution < 1.29 is 19.1 Å². The highest BCUT2D eigenvalue weighted by Gasteiger charge is 2.33. The summed E-state index contributed by atoms with van der Waals surface area (Å²) in [5, 5.41) is 4.18. The highest BCUT2D eigenvalue weighted by Crippen LogP contribution is 2.23. The lowest BCUT2D eigenvalue weighted by molar-refractivity contribution is 0.00874. The van der Waals surface area contributed by atoms with Crippen LogP contribution in [0.2, 0.25) is 0 Å². The molecular weight excluding hydrogens is 274 g/mol. The second-order valence-corrected chi connectivity index (χ2v) is 6.14. The van der Waals surface area contributed by atoms with Crippen LogP contribution in [0.4, 0.5) is 4.79 Å². The van der Waals surface area contributed by atoms with Crippen LogP contribution in [-0.4, -0.2) is 45.5 Å². The third kappa shape index (κ3) is 3.17. The second-order valence-electron chi connectivity index (χ2n) is 6.14. The molecule has 0 aliphatic carbocycles. The van der Waals surface area contributed by atoms with Crippen LogP contribution in [-0.2, 0) is 22.6 Å². The number of aromatic nitrogens is 2. The van der Waals surface area contributed by atoms with Crippen LogP contribution in [0.3, 0.4) is 0 Å². The molecule has 2 rings (SSSR count). The number of hydrogen-bond acceptors (Lipinski definition) is 5. The van der Waals surface area contributed by atoms with Crippen LogP contribution in [0, 0.1) is 0 Å². The van der Waals surface area contributed by atoms with E-state index in [-0.39, 0.29) is 12.6 Å². The number of hydrogen-bond donors (Lipinski definition) is 0. The zero-order valence-electron chi connectivity index (χ0n) is 13.0. The third-order valence-corrected chi connectivity index (χ3v) is 3.27. The Morgan fingerprint density at radius 3 is 2.62 bits per heavy atom. The normalized spacial score (nSPS) is 18.1. The highest BCUT2D eigenvalue weighted by molar-refractivity contribution is 5.90. The topological polar surface area (TPSA) is 73.7 Å². The van der Waals surface area contributed by atoms with E-state index in [1.54, 1.807) is 9.58 Å². The minimum atomic E-state index is -0.556. The molecule has 0 radical (unpaired) electrons. The van der Waals surface area contributed by atoms with Gasteiger partial charge in [0.15, 0.2) is 0 Å². The van der Waals surface area contributed by atoms with E-state index in [0.29, 0.717) is 17.8 Å². The second kappa shape index (κ2) is 5.38. The van der Waals surface area contributed by atoms with Gasteiger partial charge in [-0.05, 0) is 27.7 Å². The van der Waals surface area contributed by atoms with Crippen molar-refractivity contribution in [3.8, 4) is 0 Å². The highest BCUT2D eigenvalue weighted by atomic mass is 16.6. The Kier molecular flexibility index (Phi) is 3.93. The summed E-state index contributed by atoms with van der Waals surface area (Å²) in [5.41, 5.74) is 0.503. The van der Waals surface area contributed by atoms with Gasteiger partial charge >= 0.3 is 12.1 Å². The minimum absolute atomic E-state index is 0.0576. The Labute approximate surface area is 123 Å². The number of rotatable bonds is 1. The van der Waals surface area contributed by atoms with Gasteiger partial charge in [-0.25, -0.2) is 9.59 Å². The third-order valence-electron chi connectivity index (χ3n) is 3.27. The van der Waals surface area contributed by atoms with Crippen LogP contribution in [0.15, 0.2) is 6.20 Å². The molecule has 2 heterocycles. The fourth-order valence-corrected chi connectivity index (χ4v) is 2.25. The van der Waals surface area contributed by atoms with E-state index in [1.807, 2.05) is 27.7 Å². The Morgan fingerprint density at radius 2 is 2.05 bits per heavy atom. The van der Waals surface area contributed by atoms with E-state index < -0.39 is 17.7 Å². The van der Waals surface area contributed by atoms with Crippen molar-refractivity contribution >= 4 is 12.1 Å². The molecular formula is C14H21N3O4. The average Bonchev–Trinajstić information content (AvgIpc) is 2.77. The van der Waals surface area contributed by atoms with Gasteiger partial charge in [-0.3, -0.25) is 9.58 Å². The lowest BCUT2D eigenvalue weighted by atomic mass is 10.1. The molecule has 0 fully saturated rings. The Bertz CT molecular complexity index is 559. The molecule has 0 saturated heterocycles. The van der Waals surface area contributed by atoms with Gasteiger partial charge in [0.25, 0.3) is 0 Å². The molecule has 1 aromatic rings. The Morgan fingerprint density at radius 1 is 1.38 bits per heavy atom. The summed E-state index contributed by atoms with van der Waals surface area (Å²) in [5.74, 6) is -0.449. The van der Waals surface area contributed by atoms with Gasteiger partial charge in [-0.2, -0.15) is 5.10 Å². The monoisotopic (exact) mass is 295 g/mol. The van der Waals surface area contributed by atoms with Crippen LogP contribution in [0.1, 0.15) is 43.7 Å². The maximum absolute atomic E-state index is 12.3. The summed E-state index contributed by atoms with van der Waals surface area (Å²) >= 11 is 0. The summed E-state index contributed by atoms with van der Waals surface area (Å²) < 4.78 is 11.9. The van der Waals surface area contributed by atoms with E-state index in [1.165, 1.54) is 13.3 Å². The minimum Gasteiger partial charge on any atom is -0.465 e. The lowest BCUT2D eigenvalue weighted by Crippen LogP contribution is -2.47. The molecule has 0 saturated carbocycles. The molecule has 1 atom stereocenters. The number of ether oxygens (including phenoxy) is 2. The number of nitrogens with zero attached hydrogens (tertiary/aromatic N) is 3. The molecule has 116 valence electrons. The number of methoxy groups -OCH3 is 1. The molecule has 0 aromatic carbocycles. The van der Waals surface area contributed by atoms with Gasteiger partial charge in [-0.15, -0.1) is 0 Å². The molecule has 0 N–H and O–H groups in total. The smallest absolute Gasteiger partial charge is 0.410 e. The van der Waals surface area contributed by atoms with Gasteiger partial charge in [0.05, 0.1) is 38.1 Å². The standard InChI is InChI=1S/C14H21N3O4/c1-9-7-17-11(10(6-15-17)12(18)20-5)8-16(9)13(19)21-14(2,3)4/h6,9H,7-8H2,1-5H3/t9-/m0/s1. The Balaban J connectivity index is 2.24. The van der Waals surface area contributed by atoms with Crippen molar-refractivity contribution in [2.45, 2.75) is 52.4 Å². The van der Waals surface area contributed by atoms with Crippen LogP contribution in [0.5, 0.6) is 0 Å². The molecule has 1 aliphatic heterocycles. The predicted molar refractivity (Wildman–Crippen MR) is 74.8 cm³/mol. The summed E-state index contributed by atoms with van der Waals surface area (Å²) in [6.07, 6.45) is 1.09. The number of carbonyl (C=O) groups excluding carboxylic acids is 2. The number of amides is 1. The van der Waals surface area contributed by atoms with E-state index in [4.69, 9.17) is 9.47 Å². The molecule has 0 bridgehead atoms. The number of fused-ring (bicyclic) bond motifs is 1. The Hall–Kier alpha value is -2.05. The first-order valence-electron chi connectivity index (χ1n) is 6.85. The van der Waals surface area contributed by atoms with Gasteiger partial charge in [-0.1, -0.05) is 0 Å². The van der Waals surface area contributed by atoms with Crippen molar-refractivity contribution in [3.05, 3.63) is 17.5 Å². The van der Waals surface area contributed by atoms with E-state index >= 15 is 0 Å². The van der Waals surface area contributed by atoms with Crippen LogP contribution < -0.4 is 0 Å². The molecule has 1 amide bonds. The molecule has 7 nitrogen and oxygen atoms in total. The van der Waals surface area contributed by atoms with Crippen molar-refractivity contribution in [1.29, 1.82) is 0 Å². The lowest BCUT2D eigenvalue weighted by Gasteiger charge is -2.35. The van der Waals surface area contributed by atoms with E-state index in [2.05, 4.69) is 5.10 Å². The maximum Gasteiger partial charge on any atom is 0.410 e. The summed E-state index contributed by atoms with van der Waals surface area (Å²) in [4.78, 5) is 25.6. The van der Waals surface area contributed by atoms with Gasteiger partial charge < -0.3 is 9.47 Å². The summed E-state index contributed by atoms with van der Waals surface area (Å²) in [7, 11) is 1.32. The zero-order valence-corrected chi connectivity index (χ0v) is 13.0. The molecule has 7 heteroatoms. The van der Waals surface area contributed by atoms with Crippen molar-refractivity contribution in [2.24, 2.45) is 0 Å². The van der Waals surface area contributed by atoms with Crippen LogP contribution in [0.25, 0.3) is 0 Å². The molecule has 0 spiro atoms. The first-order chi connectivity index (χ1) is 9.73.